The highest BCUT2D eigenvalue weighted by molar-refractivity contribution is 6.25. The second-order valence-corrected chi connectivity index (χ2v) is 25.7. The molecule has 89 heavy (non-hydrogen) atoms. The average molecular weight is 1150 g/mol. The lowest BCUT2D eigenvalue weighted by atomic mass is 9.69. The Hall–Kier alpha value is -10.2. The van der Waals surface area contributed by atoms with Gasteiger partial charge in [0.2, 0.25) is 0 Å². The fourth-order valence-corrected chi connectivity index (χ4v) is 17.5. The van der Waals surface area contributed by atoms with Gasteiger partial charge >= 0.3 is 0 Å². The summed E-state index contributed by atoms with van der Waals surface area (Å²) in [7, 11) is 0. The molecule has 19 rings (SSSR count). The second kappa shape index (κ2) is 19.9. The topological polar surface area (TPSA) is 32.8 Å². The molecule has 4 aliphatic carbocycles. The first kappa shape index (κ1) is 50.9. The number of fused-ring (bicyclic) bond motifs is 23. The zero-order chi connectivity index (χ0) is 58.3. The van der Waals surface area contributed by atoms with Crippen molar-refractivity contribution in [1.82, 2.24) is 0 Å². The van der Waals surface area contributed by atoms with Crippen molar-refractivity contribution in [3.05, 3.63) is 288 Å². The van der Waals surface area contributed by atoms with Gasteiger partial charge in [-0.3, -0.25) is 0 Å². The molecule has 426 valence electrons. The number of anilines is 6. The fraction of sp³-hybridized carbons (Fsp3) is 0.153. The third-order valence-electron chi connectivity index (χ3n) is 21.2. The van der Waals surface area contributed by atoms with Crippen LogP contribution in [-0.4, -0.2) is 0 Å². The Morgan fingerprint density at radius 1 is 0.281 bits per heavy atom. The van der Waals surface area contributed by atoms with Gasteiger partial charge in [-0.2, -0.15) is 0 Å². The fourth-order valence-electron chi connectivity index (χ4n) is 17.5. The third-order valence-corrected chi connectivity index (χ3v) is 21.2. The van der Waals surface area contributed by atoms with Crippen LogP contribution in [0, 0.1) is 0 Å². The summed E-state index contributed by atoms with van der Waals surface area (Å²) in [5.74, 6) is 1.00. The first-order valence-corrected chi connectivity index (χ1v) is 32.5. The number of nitrogens with zero attached hydrogens (tertiary/aromatic N) is 2. The SMILES string of the molecule is c1ccc(N(c2ccc3c4c(c5ccccc5c3c2)-c2c(cc(N(c3ccccc3)c3cccc5c3oc3c(C6CCCCC6)cccc35)c3ccccc23)C42c3ccccc3-c3ccccc32)c2cccc3c2oc2c(C4CCCCC4)cccc23)cc1. The van der Waals surface area contributed by atoms with Crippen molar-refractivity contribution in [2.75, 3.05) is 9.80 Å². The van der Waals surface area contributed by atoms with E-state index in [2.05, 4.69) is 265 Å². The molecule has 0 N–H and O–H groups in total. The van der Waals surface area contributed by atoms with Crippen LogP contribution in [-0.2, 0) is 5.41 Å². The molecule has 0 saturated heterocycles. The molecule has 0 radical (unpaired) electrons. The number of hydrogen-bond donors (Lipinski definition) is 0. The van der Waals surface area contributed by atoms with Gasteiger partial charge in [0.05, 0.1) is 22.5 Å². The largest absolute Gasteiger partial charge is 0.454 e. The van der Waals surface area contributed by atoms with Gasteiger partial charge in [-0.05, 0) is 175 Å². The van der Waals surface area contributed by atoms with Crippen molar-refractivity contribution in [2.45, 2.75) is 81.5 Å². The predicted octanol–water partition coefficient (Wildman–Crippen LogP) is 24.3. The average Bonchev–Trinajstić information content (AvgIpc) is 1.49. The minimum absolute atomic E-state index is 0.496. The van der Waals surface area contributed by atoms with E-state index in [1.54, 1.807) is 0 Å². The summed E-state index contributed by atoms with van der Waals surface area (Å²) in [5.41, 5.74) is 22.6. The van der Waals surface area contributed by atoms with E-state index in [4.69, 9.17) is 8.83 Å². The van der Waals surface area contributed by atoms with E-state index in [0.717, 1.165) is 67.2 Å². The first-order chi connectivity index (χ1) is 44.2. The van der Waals surface area contributed by atoms with E-state index >= 15 is 0 Å². The Morgan fingerprint density at radius 3 is 1.30 bits per heavy atom. The van der Waals surface area contributed by atoms with Crippen LogP contribution in [0.2, 0.25) is 0 Å². The minimum Gasteiger partial charge on any atom is -0.454 e. The molecule has 0 unspecified atom stereocenters. The van der Waals surface area contributed by atoms with Gasteiger partial charge in [0, 0.05) is 44.0 Å². The molecule has 2 fully saturated rings. The van der Waals surface area contributed by atoms with Crippen molar-refractivity contribution in [3.63, 3.8) is 0 Å². The van der Waals surface area contributed by atoms with Crippen LogP contribution >= 0.6 is 0 Å². The van der Waals surface area contributed by atoms with Gasteiger partial charge in [-0.25, -0.2) is 0 Å². The number of benzene rings is 13. The number of para-hydroxylation sites is 6. The molecule has 1 spiro atoms. The molecule has 0 amide bonds. The lowest BCUT2D eigenvalue weighted by Gasteiger charge is -2.34. The van der Waals surface area contributed by atoms with Gasteiger partial charge in [0.1, 0.15) is 11.2 Å². The van der Waals surface area contributed by atoms with E-state index in [0.29, 0.717) is 11.8 Å². The Labute approximate surface area is 517 Å². The Kier molecular flexibility index (Phi) is 11.4. The van der Waals surface area contributed by atoms with Crippen molar-refractivity contribution < 1.29 is 8.83 Å². The van der Waals surface area contributed by atoms with Gasteiger partial charge in [0.25, 0.3) is 0 Å². The van der Waals surface area contributed by atoms with E-state index in [9.17, 15) is 0 Å². The summed E-state index contributed by atoms with van der Waals surface area (Å²) in [6, 6.07) is 96.1. The maximum absolute atomic E-state index is 7.42. The van der Waals surface area contributed by atoms with Crippen LogP contribution in [0.1, 0.15) is 109 Å². The molecule has 4 aliphatic rings. The zero-order valence-corrected chi connectivity index (χ0v) is 49.7. The van der Waals surface area contributed by atoms with E-state index in [1.807, 2.05) is 0 Å². The van der Waals surface area contributed by atoms with Gasteiger partial charge in [-0.1, -0.05) is 239 Å². The van der Waals surface area contributed by atoms with E-state index in [-0.39, 0.29) is 0 Å². The van der Waals surface area contributed by atoms with Crippen molar-refractivity contribution in [2.24, 2.45) is 0 Å². The van der Waals surface area contributed by atoms with Gasteiger partial charge in [0.15, 0.2) is 11.2 Å². The molecule has 0 atom stereocenters. The van der Waals surface area contributed by atoms with Crippen LogP contribution in [0.5, 0.6) is 0 Å². The van der Waals surface area contributed by atoms with Crippen molar-refractivity contribution in [1.29, 1.82) is 0 Å². The molecule has 13 aromatic carbocycles. The molecular formula is C85H64N2O2. The van der Waals surface area contributed by atoms with Crippen molar-refractivity contribution in [3.8, 4) is 22.3 Å². The van der Waals surface area contributed by atoms with Crippen molar-refractivity contribution >= 4 is 110 Å². The summed E-state index contributed by atoms with van der Waals surface area (Å²) < 4.78 is 14.7. The van der Waals surface area contributed by atoms with Gasteiger partial charge in [-0.15, -0.1) is 0 Å². The maximum Gasteiger partial charge on any atom is 0.159 e. The standard InChI is InChI=1S/C85H64N2O2/c1-5-25-53(26-6-1)58-39-21-41-67-69-43-23-47-75(83(69)88-81(58)67)86(55-29-9-3-10-30-55)57-49-50-66-71(51-57)60-33-13-15-37-64(60)79-78-65-38-16-14-36-63(65)77(52-74(78)85(80(66)79)72-45-19-17-34-61(72)62-35-18-20-46-73(62)85)87(56-31-11-4-12-32-56)76-48-24-44-70-68-42-22-40-59(82(68)89-84(70)76)54-27-7-2-8-28-54/h3-4,9-24,29-54H,1-2,5-8,25-28H2. The van der Waals surface area contributed by atoms with Crippen LogP contribution in [0.4, 0.5) is 34.1 Å². The molecular weight excluding hydrogens is 1080 g/mol. The van der Waals surface area contributed by atoms with E-state index < -0.39 is 5.41 Å². The Morgan fingerprint density at radius 2 is 0.730 bits per heavy atom. The number of furan rings is 2. The lowest BCUT2D eigenvalue weighted by molar-refractivity contribution is 0.442. The number of hydrogen-bond acceptors (Lipinski definition) is 4. The van der Waals surface area contributed by atoms with Crippen LogP contribution in [0.25, 0.3) is 98.4 Å². The minimum atomic E-state index is -0.724. The second-order valence-electron chi connectivity index (χ2n) is 25.7. The number of rotatable bonds is 8. The lowest BCUT2D eigenvalue weighted by Crippen LogP contribution is -2.26. The van der Waals surface area contributed by atoms with Crippen LogP contribution < -0.4 is 9.80 Å². The molecule has 0 aliphatic heterocycles. The predicted molar refractivity (Wildman–Crippen MR) is 371 cm³/mol. The molecule has 4 heteroatoms. The quantitative estimate of drug-likeness (QED) is 0.142. The molecule has 2 heterocycles. The Bertz CT molecular complexity index is 5320. The van der Waals surface area contributed by atoms with Gasteiger partial charge < -0.3 is 18.6 Å². The summed E-state index contributed by atoms with van der Waals surface area (Å²) in [6.45, 7) is 0. The molecule has 0 bridgehead atoms. The monoisotopic (exact) mass is 1140 g/mol. The molecule has 15 aromatic rings. The Balaban J connectivity index is 0.891. The summed E-state index contributed by atoms with van der Waals surface area (Å²) in [5, 5.41) is 12.0. The first-order valence-electron chi connectivity index (χ1n) is 32.5. The highest BCUT2D eigenvalue weighted by atomic mass is 16.3. The highest BCUT2D eigenvalue weighted by Crippen LogP contribution is 2.68. The normalized spacial score (nSPS) is 15.4. The highest BCUT2D eigenvalue weighted by Gasteiger charge is 2.54. The zero-order valence-electron chi connectivity index (χ0n) is 49.7. The maximum atomic E-state index is 7.42. The summed E-state index contributed by atoms with van der Waals surface area (Å²) >= 11 is 0. The van der Waals surface area contributed by atoms with E-state index in [1.165, 1.54) is 163 Å². The summed E-state index contributed by atoms with van der Waals surface area (Å²) in [4.78, 5) is 4.95. The third kappa shape index (κ3) is 7.35. The molecule has 2 aromatic heterocycles. The molecule has 2 saturated carbocycles. The van der Waals surface area contributed by atoms with Crippen LogP contribution in [0.15, 0.2) is 264 Å². The van der Waals surface area contributed by atoms with Crippen LogP contribution in [0.3, 0.4) is 0 Å². The summed E-state index contributed by atoms with van der Waals surface area (Å²) in [6.07, 6.45) is 12.5. The molecule has 4 nitrogen and oxygen atoms in total. The smallest absolute Gasteiger partial charge is 0.159 e.